The third kappa shape index (κ3) is 5.43. The Balaban J connectivity index is 1.45. The van der Waals surface area contributed by atoms with Gasteiger partial charge in [-0.1, -0.05) is 42.5 Å². The minimum absolute atomic E-state index is 0.144. The molecule has 4 rings (SSSR count). The van der Waals surface area contributed by atoms with E-state index in [-0.39, 0.29) is 23.9 Å². The lowest BCUT2D eigenvalue weighted by molar-refractivity contribution is 0.0932. The van der Waals surface area contributed by atoms with E-state index in [0.29, 0.717) is 43.7 Å². The first kappa shape index (κ1) is 24.7. The van der Waals surface area contributed by atoms with Gasteiger partial charge in [-0.3, -0.25) is 4.79 Å². The Morgan fingerprint density at radius 1 is 1.09 bits per heavy atom. The van der Waals surface area contributed by atoms with E-state index in [9.17, 15) is 18.3 Å². The molecule has 8 nitrogen and oxygen atoms in total. The number of amides is 1. The van der Waals surface area contributed by atoms with E-state index in [4.69, 9.17) is 4.74 Å². The maximum absolute atomic E-state index is 13.0. The first-order valence-electron chi connectivity index (χ1n) is 11.8. The number of nitrogens with one attached hydrogen (secondary N) is 2. The van der Waals surface area contributed by atoms with Crippen LogP contribution in [0.5, 0.6) is 5.75 Å². The molecule has 1 saturated heterocycles. The number of β-amino-alcohol motifs (C(OH)–C–C–N with tert-alkyl or cyclic N) is 1. The minimum atomic E-state index is -3.62. The summed E-state index contributed by atoms with van der Waals surface area (Å²) in [7, 11) is -2.08. The molecule has 34 heavy (non-hydrogen) atoms. The number of carbonyl (C=O) groups is 1. The molecular weight excluding hydrogens is 454 g/mol. The summed E-state index contributed by atoms with van der Waals surface area (Å²) in [6.45, 7) is 0.933. The number of carbonyl (C=O) groups excluding carboxylic acids is 1. The third-order valence-corrected chi connectivity index (χ3v) is 8.69. The molecule has 184 valence electrons. The minimum Gasteiger partial charge on any atom is -0.496 e. The Labute approximate surface area is 201 Å². The normalized spacial score (nSPS) is 25.7. The molecule has 0 unspecified atom stereocenters. The quantitative estimate of drug-likeness (QED) is 0.529. The standard InChI is InChI=1S/C25H33N3O5S/c1-33-23-10-6-5-9-22(23)24(30)26-18-25(19-7-3-2-4-8-19)14-11-20(12-15-25)27-34(31,32)28-16-13-21(29)17-28/h2-10,20-21,27,29H,11-18H2,1H3,(H,26,30)/t20-,21-,25-/m0/s1. The number of para-hydroxylation sites is 1. The second-order valence-electron chi connectivity index (χ2n) is 9.23. The van der Waals surface area contributed by atoms with Crippen LogP contribution < -0.4 is 14.8 Å². The van der Waals surface area contributed by atoms with Crippen molar-refractivity contribution in [3.63, 3.8) is 0 Å². The summed E-state index contributed by atoms with van der Waals surface area (Å²) in [5.74, 6) is 0.335. The van der Waals surface area contributed by atoms with Gasteiger partial charge in [0.2, 0.25) is 0 Å². The zero-order valence-corrected chi connectivity index (χ0v) is 20.3. The molecule has 1 saturated carbocycles. The van der Waals surface area contributed by atoms with Gasteiger partial charge in [-0.2, -0.15) is 17.4 Å². The van der Waals surface area contributed by atoms with Crippen molar-refractivity contribution in [1.82, 2.24) is 14.3 Å². The highest BCUT2D eigenvalue weighted by Crippen LogP contribution is 2.39. The van der Waals surface area contributed by atoms with Crippen LogP contribution in [0.1, 0.15) is 48.0 Å². The molecule has 1 heterocycles. The lowest BCUT2D eigenvalue weighted by Gasteiger charge is -2.41. The van der Waals surface area contributed by atoms with E-state index < -0.39 is 16.3 Å². The molecule has 2 fully saturated rings. The van der Waals surface area contributed by atoms with Gasteiger partial charge in [-0.15, -0.1) is 0 Å². The number of benzene rings is 2. The van der Waals surface area contributed by atoms with Crippen LogP contribution in [0.25, 0.3) is 0 Å². The summed E-state index contributed by atoms with van der Waals surface area (Å²) in [4.78, 5) is 13.0. The van der Waals surface area contributed by atoms with Crippen LogP contribution >= 0.6 is 0 Å². The summed E-state index contributed by atoms with van der Waals surface area (Å²) in [6, 6.07) is 17.1. The fraction of sp³-hybridized carbons (Fsp3) is 0.480. The number of hydrogen-bond acceptors (Lipinski definition) is 5. The zero-order valence-electron chi connectivity index (χ0n) is 19.4. The molecule has 9 heteroatoms. The summed E-state index contributed by atoms with van der Waals surface area (Å²) in [5.41, 5.74) is 1.34. The van der Waals surface area contributed by atoms with Gasteiger partial charge in [-0.25, -0.2) is 0 Å². The number of nitrogens with zero attached hydrogens (tertiary/aromatic N) is 1. The third-order valence-electron chi connectivity index (χ3n) is 7.05. The predicted octanol–water partition coefficient (Wildman–Crippen LogP) is 2.21. The Bertz CT molecular complexity index is 1080. The van der Waals surface area contributed by atoms with Gasteiger partial charge in [-0.05, 0) is 49.8 Å². The highest BCUT2D eigenvalue weighted by molar-refractivity contribution is 7.87. The molecule has 1 aliphatic heterocycles. The molecule has 1 amide bonds. The van der Waals surface area contributed by atoms with Crippen molar-refractivity contribution in [3.05, 3.63) is 65.7 Å². The smallest absolute Gasteiger partial charge is 0.279 e. The van der Waals surface area contributed by atoms with Gasteiger partial charge in [0.05, 0.1) is 18.8 Å². The second-order valence-corrected chi connectivity index (χ2v) is 10.9. The highest BCUT2D eigenvalue weighted by Gasteiger charge is 2.39. The van der Waals surface area contributed by atoms with Crippen LogP contribution in [0.2, 0.25) is 0 Å². The molecular formula is C25H33N3O5S. The monoisotopic (exact) mass is 487 g/mol. The molecule has 2 aliphatic rings. The summed E-state index contributed by atoms with van der Waals surface area (Å²) in [5, 5.41) is 12.8. The number of ether oxygens (including phenoxy) is 1. The summed E-state index contributed by atoms with van der Waals surface area (Å²) < 4.78 is 35.0. The van der Waals surface area contributed by atoms with E-state index in [1.54, 1.807) is 25.3 Å². The van der Waals surface area contributed by atoms with Crippen molar-refractivity contribution >= 4 is 16.1 Å². The fourth-order valence-corrected chi connectivity index (χ4v) is 6.56. The summed E-state index contributed by atoms with van der Waals surface area (Å²) >= 11 is 0. The highest BCUT2D eigenvalue weighted by atomic mass is 32.2. The van der Waals surface area contributed by atoms with E-state index >= 15 is 0 Å². The second kappa shape index (κ2) is 10.4. The average molecular weight is 488 g/mol. The topological polar surface area (TPSA) is 108 Å². The molecule has 0 spiro atoms. The lowest BCUT2D eigenvalue weighted by atomic mass is 9.68. The van der Waals surface area contributed by atoms with Crippen molar-refractivity contribution in [2.24, 2.45) is 0 Å². The number of aliphatic hydroxyl groups excluding tert-OH is 1. The summed E-state index contributed by atoms with van der Waals surface area (Å²) in [6.07, 6.45) is 2.66. The Kier molecular flexibility index (Phi) is 7.57. The van der Waals surface area contributed by atoms with Crippen molar-refractivity contribution in [2.45, 2.75) is 49.7 Å². The molecule has 2 aromatic rings. The molecule has 2 aromatic carbocycles. The number of rotatable bonds is 8. The van der Waals surface area contributed by atoms with Gasteiger partial charge >= 0.3 is 0 Å². The van der Waals surface area contributed by atoms with Crippen LogP contribution in [0.4, 0.5) is 0 Å². The van der Waals surface area contributed by atoms with Crippen LogP contribution in [-0.4, -0.2) is 62.6 Å². The van der Waals surface area contributed by atoms with Crippen LogP contribution in [0, 0.1) is 0 Å². The molecule has 0 bridgehead atoms. The SMILES string of the molecule is COc1ccccc1C(=O)NC[C@]1(c2ccccc2)CC[C@H](NS(=O)(=O)N2CC[C@H](O)C2)CC1. The van der Waals surface area contributed by atoms with Gasteiger partial charge in [0.1, 0.15) is 5.75 Å². The van der Waals surface area contributed by atoms with Gasteiger partial charge in [0, 0.05) is 31.1 Å². The van der Waals surface area contributed by atoms with Crippen LogP contribution in [0.3, 0.4) is 0 Å². The Morgan fingerprint density at radius 3 is 2.41 bits per heavy atom. The molecule has 0 radical (unpaired) electrons. The van der Waals surface area contributed by atoms with Crippen molar-refractivity contribution in [3.8, 4) is 5.75 Å². The maximum Gasteiger partial charge on any atom is 0.279 e. The largest absolute Gasteiger partial charge is 0.496 e. The van der Waals surface area contributed by atoms with Gasteiger partial charge < -0.3 is 15.2 Å². The predicted molar refractivity (Wildman–Crippen MR) is 130 cm³/mol. The molecule has 0 aromatic heterocycles. The number of hydrogen-bond donors (Lipinski definition) is 3. The van der Waals surface area contributed by atoms with Crippen LogP contribution in [0.15, 0.2) is 54.6 Å². The maximum atomic E-state index is 13.0. The van der Waals surface area contributed by atoms with Crippen LogP contribution in [-0.2, 0) is 15.6 Å². The molecule has 3 N–H and O–H groups in total. The number of aliphatic hydroxyl groups is 1. The van der Waals surface area contributed by atoms with Crippen molar-refractivity contribution < 1.29 is 23.1 Å². The van der Waals surface area contributed by atoms with E-state index in [1.165, 1.54) is 4.31 Å². The molecule has 1 aliphatic carbocycles. The Morgan fingerprint density at radius 2 is 1.76 bits per heavy atom. The van der Waals surface area contributed by atoms with Crippen molar-refractivity contribution in [2.75, 3.05) is 26.7 Å². The number of methoxy groups -OCH3 is 1. The van der Waals surface area contributed by atoms with E-state index in [2.05, 4.69) is 22.2 Å². The van der Waals surface area contributed by atoms with E-state index in [1.807, 2.05) is 24.3 Å². The molecule has 1 atom stereocenters. The fourth-order valence-electron chi connectivity index (χ4n) is 5.04. The first-order valence-corrected chi connectivity index (χ1v) is 13.2. The van der Waals surface area contributed by atoms with Gasteiger partial charge in [0.25, 0.3) is 16.1 Å². The Hall–Kier alpha value is -2.46. The average Bonchev–Trinajstić information content (AvgIpc) is 3.31. The van der Waals surface area contributed by atoms with Gasteiger partial charge in [0.15, 0.2) is 0 Å². The zero-order chi connectivity index (χ0) is 24.2. The lowest BCUT2D eigenvalue weighted by Crippen LogP contribution is -2.50. The van der Waals surface area contributed by atoms with Crippen molar-refractivity contribution in [1.29, 1.82) is 0 Å². The van der Waals surface area contributed by atoms with E-state index in [0.717, 1.165) is 18.4 Å². The first-order chi connectivity index (χ1) is 16.3.